The molecule has 0 aliphatic carbocycles. The molecule has 0 bridgehead atoms. The minimum absolute atomic E-state index is 0.136. The molecular weight excluding hydrogens is 562 g/mol. The van der Waals surface area contributed by atoms with Gasteiger partial charge in [0.2, 0.25) is 0 Å². The predicted octanol–water partition coefficient (Wildman–Crippen LogP) is 4.70. The van der Waals surface area contributed by atoms with Crippen molar-refractivity contribution < 1.29 is 34.0 Å². The fraction of sp³-hybridized carbons (Fsp3) is 0.265. The third-order valence-corrected chi connectivity index (χ3v) is 7.38. The number of hydrogen-bond acceptors (Lipinski definition) is 9. The number of nitrogens with one attached hydrogen (secondary N) is 1. The first-order valence-corrected chi connectivity index (χ1v) is 14.1. The Hall–Kier alpha value is -5.11. The van der Waals surface area contributed by atoms with Crippen molar-refractivity contribution in [1.82, 2.24) is 10.3 Å². The Labute approximate surface area is 255 Å². The van der Waals surface area contributed by atoms with Crippen LogP contribution < -0.4 is 24.3 Å². The third kappa shape index (κ3) is 7.09. The molecule has 0 amide bonds. The van der Waals surface area contributed by atoms with Gasteiger partial charge in [0.1, 0.15) is 50.0 Å². The Morgan fingerprint density at radius 2 is 1.80 bits per heavy atom. The van der Waals surface area contributed by atoms with E-state index in [9.17, 15) is 20.3 Å². The van der Waals surface area contributed by atoms with Crippen LogP contribution in [-0.4, -0.2) is 47.0 Å². The number of ether oxygens (including phenoxy) is 4. The van der Waals surface area contributed by atoms with E-state index in [1.807, 2.05) is 43.3 Å². The Bertz CT molecular complexity index is 1700. The van der Waals surface area contributed by atoms with E-state index < -0.39 is 18.6 Å². The highest BCUT2D eigenvalue weighted by Crippen LogP contribution is 2.36. The molecule has 0 radical (unpaired) electrons. The maximum Gasteiger partial charge on any atom is 0.323 e. The van der Waals surface area contributed by atoms with Gasteiger partial charge in [0.15, 0.2) is 11.5 Å². The van der Waals surface area contributed by atoms with Gasteiger partial charge in [0, 0.05) is 36.1 Å². The van der Waals surface area contributed by atoms with Crippen LogP contribution in [-0.2, 0) is 24.6 Å². The quantitative estimate of drug-likeness (QED) is 0.211. The van der Waals surface area contributed by atoms with Gasteiger partial charge < -0.3 is 29.2 Å². The number of carboxylic acids is 1. The van der Waals surface area contributed by atoms with Crippen LogP contribution in [0.2, 0.25) is 0 Å². The summed E-state index contributed by atoms with van der Waals surface area (Å²) in [5.74, 6) is 1.40. The highest BCUT2D eigenvalue weighted by molar-refractivity contribution is 5.73. The van der Waals surface area contributed by atoms with Crippen molar-refractivity contribution in [2.24, 2.45) is 0 Å². The number of fused-ring (bicyclic) bond motifs is 1. The normalized spacial score (nSPS) is 12.7. The van der Waals surface area contributed by atoms with E-state index in [4.69, 9.17) is 18.9 Å². The molecule has 0 spiro atoms. The first-order valence-electron chi connectivity index (χ1n) is 14.1. The van der Waals surface area contributed by atoms with Crippen molar-refractivity contribution in [3.05, 3.63) is 100 Å². The van der Waals surface area contributed by atoms with Gasteiger partial charge >= 0.3 is 5.97 Å². The highest BCUT2D eigenvalue weighted by Gasteiger charge is 2.18. The molecule has 3 N–H and O–H groups in total. The van der Waals surface area contributed by atoms with Crippen LogP contribution >= 0.6 is 0 Å². The maximum absolute atomic E-state index is 11.4. The van der Waals surface area contributed by atoms with Gasteiger partial charge in [0.05, 0.1) is 12.2 Å². The number of nitrogens with zero attached hydrogens (tertiary/aromatic N) is 2. The minimum Gasteiger partial charge on any atom is -0.488 e. The van der Waals surface area contributed by atoms with Crippen LogP contribution in [0.1, 0.15) is 33.4 Å². The van der Waals surface area contributed by atoms with Gasteiger partial charge in [0.25, 0.3) is 0 Å². The average molecular weight is 596 g/mol. The maximum atomic E-state index is 11.4. The van der Waals surface area contributed by atoms with E-state index in [-0.39, 0.29) is 13.2 Å². The van der Waals surface area contributed by atoms with Crippen molar-refractivity contribution in [3.8, 4) is 40.2 Å². The zero-order chi connectivity index (χ0) is 31.1. The summed E-state index contributed by atoms with van der Waals surface area (Å²) in [6, 6.07) is 18.3. The molecule has 1 aromatic heterocycles. The standard InChI is InChI=1S/C34H33N3O7/c1-21-10-27(17-37-29(18-38)34(39)40)32(43-19-24-11-23(14-35)15-36-16-24)13-31(21)44-20-26-4-3-5-28(22(26)2)25-6-7-30-33(12-25)42-9-8-41-30/h3-7,10-13,15-16,29,37-38H,8-9,17-20H2,1-2H3,(H,39,40)/t29-/m0/s1. The van der Waals surface area contributed by atoms with Crippen molar-refractivity contribution >= 4 is 5.97 Å². The van der Waals surface area contributed by atoms with E-state index in [0.717, 1.165) is 39.3 Å². The summed E-state index contributed by atoms with van der Waals surface area (Å²) >= 11 is 0. The van der Waals surface area contributed by atoms with Crippen LogP contribution in [0.4, 0.5) is 0 Å². The molecule has 1 atom stereocenters. The smallest absolute Gasteiger partial charge is 0.323 e. The summed E-state index contributed by atoms with van der Waals surface area (Å²) in [5, 5.41) is 30.9. The van der Waals surface area contributed by atoms with E-state index in [1.165, 1.54) is 6.20 Å². The molecule has 44 heavy (non-hydrogen) atoms. The summed E-state index contributed by atoms with van der Waals surface area (Å²) in [6.45, 7) is 5.06. The van der Waals surface area contributed by atoms with Gasteiger partial charge in [-0.15, -0.1) is 0 Å². The second-order valence-corrected chi connectivity index (χ2v) is 10.4. The fourth-order valence-electron chi connectivity index (χ4n) is 4.93. The van der Waals surface area contributed by atoms with Crippen molar-refractivity contribution in [2.75, 3.05) is 19.8 Å². The number of aryl methyl sites for hydroxylation is 1. The number of nitriles is 1. The molecule has 1 aliphatic heterocycles. The molecule has 4 aromatic rings. The first-order chi connectivity index (χ1) is 21.4. The Balaban J connectivity index is 1.37. The molecule has 10 nitrogen and oxygen atoms in total. The lowest BCUT2D eigenvalue weighted by Crippen LogP contribution is -2.39. The van der Waals surface area contributed by atoms with Crippen LogP contribution in [0.15, 0.2) is 67.0 Å². The fourth-order valence-corrected chi connectivity index (χ4v) is 4.93. The predicted molar refractivity (Wildman–Crippen MR) is 162 cm³/mol. The molecule has 10 heteroatoms. The minimum atomic E-state index is -1.15. The number of hydrogen-bond donors (Lipinski definition) is 3. The van der Waals surface area contributed by atoms with Crippen LogP contribution in [0.3, 0.4) is 0 Å². The lowest BCUT2D eigenvalue weighted by atomic mass is 9.96. The molecule has 5 rings (SSSR count). The number of pyridine rings is 1. The summed E-state index contributed by atoms with van der Waals surface area (Å²) in [4.78, 5) is 15.5. The summed E-state index contributed by atoms with van der Waals surface area (Å²) < 4.78 is 23.9. The highest BCUT2D eigenvalue weighted by atomic mass is 16.6. The molecule has 226 valence electrons. The molecule has 1 aliphatic rings. The number of aliphatic hydroxyl groups excluding tert-OH is 1. The van der Waals surface area contributed by atoms with Crippen molar-refractivity contribution in [2.45, 2.75) is 39.6 Å². The molecule has 0 fully saturated rings. The van der Waals surface area contributed by atoms with Gasteiger partial charge in [-0.1, -0.05) is 24.3 Å². The molecule has 0 saturated heterocycles. The number of aliphatic hydroxyl groups is 1. The van der Waals surface area contributed by atoms with Gasteiger partial charge in [-0.25, -0.2) is 0 Å². The summed E-state index contributed by atoms with van der Waals surface area (Å²) in [6.07, 6.45) is 3.09. The molecule has 2 heterocycles. The number of rotatable bonds is 12. The van der Waals surface area contributed by atoms with Crippen molar-refractivity contribution in [3.63, 3.8) is 0 Å². The number of aromatic nitrogens is 1. The SMILES string of the molecule is Cc1cc(CN[C@@H](CO)C(=O)O)c(OCc2cncc(C#N)c2)cc1OCc1cccc(-c2ccc3c(c2)OCCO3)c1C. The monoisotopic (exact) mass is 595 g/mol. The van der Waals surface area contributed by atoms with Gasteiger partial charge in [-0.3, -0.25) is 15.1 Å². The summed E-state index contributed by atoms with van der Waals surface area (Å²) in [5.41, 5.74) is 6.82. The zero-order valence-corrected chi connectivity index (χ0v) is 24.5. The number of benzene rings is 3. The number of carboxylic acid groups (broad SMARTS) is 1. The zero-order valence-electron chi connectivity index (χ0n) is 24.5. The number of aliphatic carboxylic acids is 1. The third-order valence-electron chi connectivity index (χ3n) is 7.38. The van der Waals surface area contributed by atoms with Crippen LogP contribution in [0.5, 0.6) is 23.0 Å². The lowest BCUT2D eigenvalue weighted by Gasteiger charge is -2.20. The van der Waals surface area contributed by atoms with Gasteiger partial charge in [-0.05, 0) is 65.9 Å². The Morgan fingerprint density at radius 3 is 2.57 bits per heavy atom. The lowest BCUT2D eigenvalue weighted by molar-refractivity contribution is -0.140. The van der Waals surface area contributed by atoms with E-state index in [2.05, 4.69) is 29.4 Å². The second kappa shape index (κ2) is 13.9. The topological polar surface area (TPSA) is 143 Å². The second-order valence-electron chi connectivity index (χ2n) is 10.4. The van der Waals surface area contributed by atoms with Gasteiger partial charge in [-0.2, -0.15) is 5.26 Å². The van der Waals surface area contributed by atoms with E-state index in [1.54, 1.807) is 18.3 Å². The summed E-state index contributed by atoms with van der Waals surface area (Å²) in [7, 11) is 0. The Morgan fingerprint density at radius 1 is 1.00 bits per heavy atom. The van der Waals surface area contributed by atoms with E-state index in [0.29, 0.717) is 48.0 Å². The van der Waals surface area contributed by atoms with Crippen LogP contribution in [0.25, 0.3) is 11.1 Å². The largest absolute Gasteiger partial charge is 0.488 e. The average Bonchev–Trinajstić information content (AvgIpc) is 3.04. The van der Waals surface area contributed by atoms with Crippen molar-refractivity contribution in [1.29, 1.82) is 5.26 Å². The van der Waals surface area contributed by atoms with Crippen LogP contribution in [0, 0.1) is 25.2 Å². The number of carbonyl (C=O) groups is 1. The first kappa shape index (κ1) is 30.4. The Kier molecular flexibility index (Phi) is 9.59. The van der Waals surface area contributed by atoms with E-state index >= 15 is 0 Å². The molecular formula is C34H33N3O7. The molecule has 0 saturated carbocycles. The molecule has 0 unspecified atom stereocenters. The molecule has 3 aromatic carbocycles.